The summed E-state index contributed by atoms with van der Waals surface area (Å²) in [6, 6.07) is 15.2. The summed E-state index contributed by atoms with van der Waals surface area (Å²) in [6.07, 6.45) is 0. The van der Waals surface area contributed by atoms with Crippen molar-refractivity contribution < 1.29 is 17.6 Å². The van der Waals surface area contributed by atoms with E-state index in [-0.39, 0.29) is 17.0 Å². The summed E-state index contributed by atoms with van der Waals surface area (Å²) in [7, 11) is -3.99. The van der Waals surface area contributed by atoms with Gasteiger partial charge in [-0.2, -0.15) is 0 Å². The number of hydrogen-bond acceptors (Lipinski definition) is 3. The van der Waals surface area contributed by atoms with Crippen LogP contribution in [0.5, 0.6) is 0 Å². The van der Waals surface area contributed by atoms with E-state index in [2.05, 4.69) is 10.0 Å². The molecule has 156 valence electrons. The van der Waals surface area contributed by atoms with Gasteiger partial charge in [0.25, 0.3) is 5.91 Å². The molecule has 5 nitrogen and oxygen atoms in total. The number of rotatable bonds is 6. The molecule has 3 aromatic carbocycles. The van der Waals surface area contributed by atoms with Gasteiger partial charge in [0.05, 0.1) is 10.5 Å². The van der Waals surface area contributed by atoms with Crippen molar-refractivity contribution in [2.75, 3.05) is 5.32 Å². The van der Waals surface area contributed by atoms with Crippen molar-refractivity contribution in [2.24, 2.45) is 0 Å². The third-order valence-electron chi connectivity index (χ3n) is 4.67. The van der Waals surface area contributed by atoms with Crippen molar-refractivity contribution in [1.29, 1.82) is 0 Å². The monoisotopic (exact) mass is 446 g/mol. The molecule has 3 rings (SSSR count). The van der Waals surface area contributed by atoms with E-state index in [1.54, 1.807) is 36.4 Å². The molecule has 0 aliphatic rings. The SMILES string of the molecule is Cc1ccc(NC(=O)c2cc(S(=O)(=O)NCc3ccccc3Cl)ccc2F)cc1C. The van der Waals surface area contributed by atoms with Crippen LogP contribution in [-0.2, 0) is 16.6 Å². The number of hydrogen-bond donors (Lipinski definition) is 2. The Morgan fingerprint density at radius 2 is 1.73 bits per heavy atom. The zero-order chi connectivity index (χ0) is 21.9. The highest BCUT2D eigenvalue weighted by molar-refractivity contribution is 7.89. The number of carbonyl (C=O) groups is 1. The van der Waals surface area contributed by atoms with Crippen molar-refractivity contribution in [1.82, 2.24) is 4.72 Å². The van der Waals surface area contributed by atoms with Gasteiger partial charge < -0.3 is 5.32 Å². The first-order valence-corrected chi connectivity index (χ1v) is 10.9. The first-order valence-electron chi connectivity index (χ1n) is 9.08. The maximum atomic E-state index is 14.3. The Kier molecular flexibility index (Phi) is 6.55. The standard InChI is InChI=1S/C22H20ClFN2O3S/c1-14-7-8-17(11-15(14)2)26-22(27)19-12-18(9-10-21(19)24)30(28,29)25-13-16-5-3-4-6-20(16)23/h3-12,25H,13H2,1-2H3,(H,26,27). The van der Waals surface area contributed by atoms with Crippen molar-refractivity contribution in [3.8, 4) is 0 Å². The number of halogens is 2. The number of amides is 1. The van der Waals surface area contributed by atoms with E-state index in [0.717, 1.165) is 29.3 Å². The smallest absolute Gasteiger partial charge is 0.258 e. The predicted molar refractivity (Wildman–Crippen MR) is 116 cm³/mol. The second kappa shape index (κ2) is 8.95. The third-order valence-corrected chi connectivity index (χ3v) is 6.44. The van der Waals surface area contributed by atoms with E-state index in [9.17, 15) is 17.6 Å². The molecule has 0 radical (unpaired) electrons. The van der Waals surface area contributed by atoms with E-state index < -0.39 is 21.7 Å². The minimum absolute atomic E-state index is 0.0381. The molecular formula is C22H20ClFN2O3S. The largest absolute Gasteiger partial charge is 0.322 e. The highest BCUT2D eigenvalue weighted by Crippen LogP contribution is 2.20. The lowest BCUT2D eigenvalue weighted by Crippen LogP contribution is -2.24. The Labute approximate surface area is 179 Å². The second-order valence-electron chi connectivity index (χ2n) is 6.81. The number of aryl methyl sites for hydroxylation is 2. The highest BCUT2D eigenvalue weighted by Gasteiger charge is 2.20. The summed E-state index contributed by atoms with van der Waals surface area (Å²) in [5.74, 6) is -1.56. The number of carbonyl (C=O) groups excluding carboxylic acids is 1. The van der Waals surface area contributed by atoms with Crippen LogP contribution >= 0.6 is 11.6 Å². The molecule has 0 saturated carbocycles. The maximum absolute atomic E-state index is 14.3. The number of anilines is 1. The Morgan fingerprint density at radius 3 is 2.43 bits per heavy atom. The summed E-state index contributed by atoms with van der Waals surface area (Å²) in [6.45, 7) is 3.79. The average molecular weight is 447 g/mol. The molecule has 0 aromatic heterocycles. The molecule has 0 bridgehead atoms. The lowest BCUT2D eigenvalue weighted by Gasteiger charge is -2.11. The van der Waals surface area contributed by atoms with Crippen LogP contribution in [0.2, 0.25) is 5.02 Å². The zero-order valence-corrected chi connectivity index (χ0v) is 17.9. The summed E-state index contributed by atoms with van der Waals surface area (Å²) < 4.78 is 41.9. The average Bonchev–Trinajstić information content (AvgIpc) is 2.70. The molecule has 0 spiro atoms. The van der Waals surface area contributed by atoms with Crippen LogP contribution in [0.15, 0.2) is 65.6 Å². The molecule has 0 fully saturated rings. The predicted octanol–water partition coefficient (Wildman–Crippen LogP) is 4.83. The van der Waals surface area contributed by atoms with Crippen LogP contribution in [0.3, 0.4) is 0 Å². The summed E-state index contributed by atoms with van der Waals surface area (Å²) in [5, 5.41) is 3.02. The quantitative estimate of drug-likeness (QED) is 0.569. The van der Waals surface area contributed by atoms with E-state index in [0.29, 0.717) is 16.3 Å². The summed E-state index contributed by atoms with van der Waals surface area (Å²) in [4.78, 5) is 12.3. The third kappa shape index (κ3) is 5.05. The molecule has 0 atom stereocenters. The fourth-order valence-corrected chi connectivity index (χ4v) is 4.00. The number of sulfonamides is 1. The first kappa shape index (κ1) is 22.0. The normalized spacial score (nSPS) is 11.3. The maximum Gasteiger partial charge on any atom is 0.258 e. The van der Waals surface area contributed by atoms with Crippen LogP contribution < -0.4 is 10.0 Å². The summed E-state index contributed by atoms with van der Waals surface area (Å²) in [5.41, 5.74) is 2.74. The molecule has 0 aliphatic carbocycles. The van der Waals surface area contributed by atoms with Gasteiger partial charge in [-0.25, -0.2) is 17.5 Å². The van der Waals surface area contributed by atoms with Crippen molar-refractivity contribution >= 4 is 33.2 Å². The van der Waals surface area contributed by atoms with Crippen molar-refractivity contribution in [3.05, 3.63) is 93.8 Å². The first-order chi connectivity index (χ1) is 14.2. The van der Waals surface area contributed by atoms with Crippen LogP contribution in [0.4, 0.5) is 10.1 Å². The molecular weight excluding hydrogens is 427 g/mol. The van der Waals surface area contributed by atoms with E-state index in [4.69, 9.17) is 11.6 Å². The molecule has 30 heavy (non-hydrogen) atoms. The van der Waals surface area contributed by atoms with Crippen molar-refractivity contribution in [3.63, 3.8) is 0 Å². The van der Waals surface area contributed by atoms with Gasteiger partial charge in [0.2, 0.25) is 10.0 Å². The molecule has 0 aliphatic heterocycles. The van der Waals surface area contributed by atoms with Crippen LogP contribution in [0, 0.1) is 19.7 Å². The van der Waals surface area contributed by atoms with Crippen LogP contribution in [-0.4, -0.2) is 14.3 Å². The molecule has 8 heteroatoms. The van der Waals surface area contributed by atoms with Gasteiger partial charge in [-0.05, 0) is 66.9 Å². The highest BCUT2D eigenvalue weighted by atomic mass is 35.5. The van der Waals surface area contributed by atoms with E-state index >= 15 is 0 Å². The van der Waals surface area contributed by atoms with Crippen LogP contribution in [0.25, 0.3) is 0 Å². The van der Waals surface area contributed by atoms with Gasteiger partial charge in [-0.15, -0.1) is 0 Å². The molecule has 0 heterocycles. The molecule has 2 N–H and O–H groups in total. The minimum atomic E-state index is -3.99. The van der Waals surface area contributed by atoms with Gasteiger partial charge in [0, 0.05) is 17.3 Å². The second-order valence-corrected chi connectivity index (χ2v) is 8.98. The van der Waals surface area contributed by atoms with E-state index in [1.807, 2.05) is 19.9 Å². The molecule has 0 saturated heterocycles. The molecule has 0 unspecified atom stereocenters. The summed E-state index contributed by atoms with van der Waals surface area (Å²) >= 11 is 6.05. The lowest BCUT2D eigenvalue weighted by atomic mass is 10.1. The number of nitrogens with one attached hydrogen (secondary N) is 2. The van der Waals surface area contributed by atoms with Gasteiger partial charge in [0.15, 0.2) is 0 Å². The lowest BCUT2D eigenvalue weighted by molar-refractivity contribution is 0.102. The van der Waals surface area contributed by atoms with Crippen molar-refractivity contribution in [2.45, 2.75) is 25.3 Å². The van der Waals surface area contributed by atoms with Gasteiger partial charge >= 0.3 is 0 Å². The zero-order valence-electron chi connectivity index (χ0n) is 16.4. The van der Waals surface area contributed by atoms with E-state index in [1.165, 1.54) is 0 Å². The Hall–Kier alpha value is -2.74. The molecule has 3 aromatic rings. The Bertz CT molecular complexity index is 1210. The van der Waals surface area contributed by atoms with Gasteiger partial charge in [-0.3, -0.25) is 4.79 Å². The Balaban J connectivity index is 1.82. The topological polar surface area (TPSA) is 75.3 Å². The molecule has 1 amide bonds. The van der Waals surface area contributed by atoms with Gasteiger partial charge in [0.1, 0.15) is 5.82 Å². The Morgan fingerprint density at radius 1 is 1.00 bits per heavy atom. The van der Waals surface area contributed by atoms with Crippen LogP contribution in [0.1, 0.15) is 27.0 Å². The minimum Gasteiger partial charge on any atom is -0.322 e. The fourth-order valence-electron chi connectivity index (χ4n) is 2.76. The van der Waals surface area contributed by atoms with Gasteiger partial charge in [-0.1, -0.05) is 35.9 Å². The fraction of sp³-hybridized carbons (Fsp3) is 0.136. The number of benzene rings is 3.